The molecule has 2 N–H and O–H groups in total. The van der Waals surface area contributed by atoms with E-state index in [-0.39, 0.29) is 24.0 Å². The molecule has 2 bridgehead atoms. The van der Waals surface area contributed by atoms with Crippen molar-refractivity contribution in [3.8, 4) is 0 Å². The van der Waals surface area contributed by atoms with Crippen molar-refractivity contribution in [3.05, 3.63) is 35.4 Å². The Labute approximate surface area is 147 Å². The maximum atomic E-state index is 13.8. The molecule has 1 aromatic rings. The van der Waals surface area contributed by atoms with Crippen LogP contribution < -0.4 is 10.6 Å². The Kier molecular flexibility index (Phi) is 4.40. The molecule has 136 valence electrons. The minimum absolute atomic E-state index is 0.109. The van der Waals surface area contributed by atoms with Crippen molar-refractivity contribution in [2.45, 2.75) is 68.6 Å². The Morgan fingerprint density at radius 3 is 2.56 bits per heavy atom. The third-order valence-electron chi connectivity index (χ3n) is 6.16. The fourth-order valence-electron chi connectivity index (χ4n) is 4.63. The number of halogens is 2. The number of piperidine rings is 2. The van der Waals surface area contributed by atoms with E-state index in [1.54, 1.807) is 6.07 Å². The number of hydrogen-bond donors (Lipinski definition) is 2. The summed E-state index contributed by atoms with van der Waals surface area (Å²) < 4.78 is 27.2. The molecule has 0 radical (unpaired) electrons. The zero-order valence-electron chi connectivity index (χ0n) is 14.5. The fourth-order valence-corrected chi connectivity index (χ4v) is 4.63. The van der Waals surface area contributed by atoms with Gasteiger partial charge in [-0.3, -0.25) is 0 Å². The largest absolute Gasteiger partial charge is 0.335 e. The number of carbonyl (C=O) groups excluding carboxylic acids is 1. The standard InChI is InChI=1S/C19H25F2N3O/c1-24-12-4-2-5-13(24)9-11(8-12)22-19(25)23-17-10-15(17)14-6-3-7-16(20)18(14)21/h3,6-7,11-13,15,17H,2,4-5,8-10H2,1H3,(H2,22,23,25). The highest BCUT2D eigenvalue weighted by Gasteiger charge is 2.42. The van der Waals surface area contributed by atoms with Gasteiger partial charge in [0, 0.05) is 30.1 Å². The smallest absolute Gasteiger partial charge is 0.315 e. The minimum Gasteiger partial charge on any atom is -0.335 e. The van der Waals surface area contributed by atoms with Gasteiger partial charge in [-0.2, -0.15) is 0 Å². The first kappa shape index (κ1) is 16.8. The third-order valence-corrected chi connectivity index (χ3v) is 6.16. The Morgan fingerprint density at radius 2 is 1.84 bits per heavy atom. The van der Waals surface area contributed by atoms with Crippen molar-refractivity contribution in [1.29, 1.82) is 0 Å². The molecule has 0 aromatic heterocycles. The molecule has 4 unspecified atom stereocenters. The molecule has 2 amide bonds. The Morgan fingerprint density at radius 1 is 1.12 bits per heavy atom. The SMILES string of the molecule is CN1C2CCCC1CC(NC(=O)NC1CC1c1cccc(F)c1F)C2. The second kappa shape index (κ2) is 6.56. The number of carbonyl (C=O) groups is 1. The van der Waals surface area contributed by atoms with Crippen LogP contribution in [0.4, 0.5) is 13.6 Å². The molecule has 4 rings (SSSR count). The van der Waals surface area contributed by atoms with Crippen LogP contribution in [0.25, 0.3) is 0 Å². The van der Waals surface area contributed by atoms with Gasteiger partial charge < -0.3 is 15.5 Å². The summed E-state index contributed by atoms with van der Waals surface area (Å²) in [4.78, 5) is 14.7. The number of urea groups is 1. The lowest BCUT2D eigenvalue weighted by Gasteiger charge is -2.47. The van der Waals surface area contributed by atoms with Crippen LogP contribution in [0.15, 0.2) is 18.2 Å². The van der Waals surface area contributed by atoms with E-state index in [2.05, 4.69) is 22.6 Å². The molecule has 6 heteroatoms. The molecule has 25 heavy (non-hydrogen) atoms. The van der Waals surface area contributed by atoms with Crippen molar-refractivity contribution >= 4 is 6.03 Å². The lowest BCUT2D eigenvalue weighted by molar-refractivity contribution is 0.0509. The number of nitrogens with one attached hydrogen (secondary N) is 2. The molecule has 4 atom stereocenters. The van der Waals surface area contributed by atoms with Gasteiger partial charge in [-0.15, -0.1) is 0 Å². The van der Waals surface area contributed by atoms with Crippen LogP contribution in [0.3, 0.4) is 0 Å². The topological polar surface area (TPSA) is 44.4 Å². The van der Waals surface area contributed by atoms with Gasteiger partial charge in [0.2, 0.25) is 0 Å². The second-order valence-corrected chi connectivity index (χ2v) is 7.78. The van der Waals surface area contributed by atoms with Gasteiger partial charge in [0.15, 0.2) is 11.6 Å². The van der Waals surface area contributed by atoms with Gasteiger partial charge in [0.25, 0.3) is 0 Å². The van der Waals surface area contributed by atoms with E-state index in [1.807, 2.05) is 0 Å². The zero-order valence-corrected chi connectivity index (χ0v) is 14.5. The van der Waals surface area contributed by atoms with Crippen LogP contribution in [0.5, 0.6) is 0 Å². The summed E-state index contributed by atoms with van der Waals surface area (Å²) in [5, 5.41) is 6.01. The van der Waals surface area contributed by atoms with Crippen molar-refractivity contribution in [2.24, 2.45) is 0 Å². The molecule has 3 fully saturated rings. The summed E-state index contributed by atoms with van der Waals surface area (Å²) in [7, 11) is 2.19. The minimum atomic E-state index is -0.828. The molecule has 2 saturated heterocycles. The van der Waals surface area contributed by atoms with Gasteiger partial charge in [0.1, 0.15) is 0 Å². The van der Waals surface area contributed by atoms with Gasteiger partial charge in [-0.1, -0.05) is 18.6 Å². The molecule has 1 saturated carbocycles. The Hall–Kier alpha value is -1.69. The number of amides is 2. The monoisotopic (exact) mass is 349 g/mol. The first-order valence-corrected chi connectivity index (χ1v) is 9.26. The van der Waals surface area contributed by atoms with Crippen molar-refractivity contribution < 1.29 is 13.6 Å². The van der Waals surface area contributed by atoms with E-state index in [4.69, 9.17) is 0 Å². The van der Waals surface area contributed by atoms with Crippen LogP contribution in [0.1, 0.15) is 50.0 Å². The summed E-state index contributed by atoms with van der Waals surface area (Å²) in [6.07, 6.45) is 6.33. The molecule has 4 nitrogen and oxygen atoms in total. The third kappa shape index (κ3) is 3.36. The molecular weight excluding hydrogens is 324 g/mol. The highest BCUT2D eigenvalue weighted by Crippen LogP contribution is 2.42. The lowest BCUT2D eigenvalue weighted by atomic mass is 9.82. The predicted octanol–water partition coefficient (Wildman–Crippen LogP) is 3.14. The summed E-state index contributed by atoms with van der Waals surface area (Å²) in [5.74, 6) is -1.75. The molecule has 0 spiro atoms. The lowest BCUT2D eigenvalue weighted by Crippen LogP contribution is -2.56. The van der Waals surface area contributed by atoms with Crippen LogP contribution >= 0.6 is 0 Å². The van der Waals surface area contributed by atoms with Gasteiger partial charge >= 0.3 is 6.03 Å². The summed E-state index contributed by atoms with van der Waals surface area (Å²) in [5.41, 5.74) is 0.360. The fraction of sp³-hybridized carbons (Fsp3) is 0.632. The van der Waals surface area contributed by atoms with Gasteiger partial charge in [-0.25, -0.2) is 13.6 Å². The van der Waals surface area contributed by atoms with Crippen molar-refractivity contribution in [3.63, 3.8) is 0 Å². The molecule has 2 heterocycles. The highest BCUT2D eigenvalue weighted by molar-refractivity contribution is 5.75. The van der Waals surface area contributed by atoms with Crippen LogP contribution in [0.2, 0.25) is 0 Å². The molecule has 2 aliphatic heterocycles. The summed E-state index contributed by atoms with van der Waals surface area (Å²) >= 11 is 0. The number of rotatable bonds is 3. The first-order valence-electron chi connectivity index (χ1n) is 9.26. The van der Waals surface area contributed by atoms with E-state index < -0.39 is 11.6 Å². The number of hydrogen-bond acceptors (Lipinski definition) is 2. The van der Waals surface area contributed by atoms with Crippen LogP contribution in [0, 0.1) is 11.6 Å². The predicted molar refractivity (Wildman–Crippen MR) is 91.4 cm³/mol. The Balaban J connectivity index is 1.30. The van der Waals surface area contributed by atoms with E-state index in [1.165, 1.54) is 25.3 Å². The zero-order chi connectivity index (χ0) is 17.6. The molecule has 1 aromatic carbocycles. The first-order chi connectivity index (χ1) is 12.0. The van der Waals surface area contributed by atoms with Crippen molar-refractivity contribution in [1.82, 2.24) is 15.5 Å². The average molecular weight is 349 g/mol. The average Bonchev–Trinajstić information content (AvgIpc) is 3.29. The van der Waals surface area contributed by atoms with Crippen LogP contribution in [-0.4, -0.2) is 42.1 Å². The number of nitrogens with zero attached hydrogens (tertiary/aromatic N) is 1. The second-order valence-electron chi connectivity index (χ2n) is 7.78. The maximum Gasteiger partial charge on any atom is 0.315 e. The van der Waals surface area contributed by atoms with Crippen LogP contribution in [-0.2, 0) is 0 Å². The molecule has 3 aliphatic rings. The number of fused-ring (bicyclic) bond motifs is 2. The maximum absolute atomic E-state index is 13.8. The number of benzene rings is 1. The van der Waals surface area contributed by atoms with Gasteiger partial charge in [0.05, 0.1) is 0 Å². The molecular formula is C19H25F2N3O. The Bertz CT molecular complexity index is 654. The normalized spacial score (nSPS) is 34.4. The van der Waals surface area contributed by atoms with E-state index in [9.17, 15) is 13.6 Å². The quantitative estimate of drug-likeness (QED) is 0.881. The highest BCUT2D eigenvalue weighted by atomic mass is 19.2. The molecule has 1 aliphatic carbocycles. The van der Waals surface area contributed by atoms with E-state index in [0.29, 0.717) is 24.1 Å². The van der Waals surface area contributed by atoms with Gasteiger partial charge in [-0.05, 0) is 50.8 Å². The van der Waals surface area contributed by atoms with E-state index >= 15 is 0 Å². The summed E-state index contributed by atoms with van der Waals surface area (Å²) in [6, 6.07) is 5.27. The van der Waals surface area contributed by atoms with E-state index in [0.717, 1.165) is 18.9 Å². The van der Waals surface area contributed by atoms with Crippen molar-refractivity contribution in [2.75, 3.05) is 7.05 Å². The summed E-state index contributed by atoms with van der Waals surface area (Å²) in [6.45, 7) is 0.